The van der Waals surface area contributed by atoms with E-state index in [4.69, 9.17) is 5.73 Å². The molecule has 2 unspecified atom stereocenters. The van der Waals surface area contributed by atoms with Gasteiger partial charge in [-0.1, -0.05) is 32.1 Å². The van der Waals surface area contributed by atoms with E-state index in [2.05, 4.69) is 4.90 Å². The molecular weight excluding hydrogens is 236 g/mol. The summed E-state index contributed by atoms with van der Waals surface area (Å²) >= 11 is 0. The molecule has 110 valence electrons. The third-order valence-electron chi connectivity index (χ3n) is 6.31. The standard InChI is InChI=1S/C16H30N2O/c17-13-15(8-4-1-2-5-9-15)16(19)10-12-18-11-6-3-7-14(16)18/h14,19H,1-13,17H2. The molecular formula is C16H30N2O. The van der Waals surface area contributed by atoms with E-state index in [-0.39, 0.29) is 5.41 Å². The molecule has 0 radical (unpaired) electrons. The Morgan fingerprint density at radius 1 is 0.947 bits per heavy atom. The maximum Gasteiger partial charge on any atom is 0.0882 e. The Kier molecular flexibility index (Phi) is 3.89. The van der Waals surface area contributed by atoms with E-state index in [1.54, 1.807) is 0 Å². The molecule has 19 heavy (non-hydrogen) atoms. The van der Waals surface area contributed by atoms with E-state index in [1.807, 2.05) is 0 Å². The van der Waals surface area contributed by atoms with Gasteiger partial charge in [0.2, 0.25) is 0 Å². The first-order chi connectivity index (χ1) is 9.22. The van der Waals surface area contributed by atoms with Gasteiger partial charge in [0.1, 0.15) is 0 Å². The van der Waals surface area contributed by atoms with Crippen LogP contribution in [0.1, 0.15) is 64.2 Å². The topological polar surface area (TPSA) is 49.5 Å². The van der Waals surface area contributed by atoms with Crippen molar-refractivity contribution < 1.29 is 5.11 Å². The zero-order chi connectivity index (χ0) is 13.3. The lowest BCUT2D eigenvalue weighted by Gasteiger charge is -2.50. The molecule has 3 heteroatoms. The quantitative estimate of drug-likeness (QED) is 0.754. The predicted octanol–water partition coefficient (Wildman–Crippen LogP) is 2.27. The second-order valence-electron chi connectivity index (χ2n) is 7.12. The SMILES string of the molecule is NCC1(C2(O)CCN3CCCCC32)CCCCCC1. The van der Waals surface area contributed by atoms with Gasteiger partial charge in [-0.2, -0.15) is 0 Å². The maximum absolute atomic E-state index is 11.6. The predicted molar refractivity (Wildman–Crippen MR) is 78.0 cm³/mol. The van der Waals surface area contributed by atoms with Crippen molar-refractivity contribution >= 4 is 0 Å². The lowest BCUT2D eigenvalue weighted by molar-refractivity contribution is -0.116. The number of hydrogen-bond donors (Lipinski definition) is 2. The van der Waals surface area contributed by atoms with E-state index in [0.29, 0.717) is 12.6 Å². The third kappa shape index (κ3) is 2.14. The minimum absolute atomic E-state index is 0.000255. The van der Waals surface area contributed by atoms with Crippen LogP contribution in [0.5, 0.6) is 0 Å². The van der Waals surface area contributed by atoms with Crippen LogP contribution in [0.15, 0.2) is 0 Å². The summed E-state index contributed by atoms with van der Waals surface area (Å²) in [7, 11) is 0. The van der Waals surface area contributed by atoms with Crippen molar-refractivity contribution in [3.8, 4) is 0 Å². The minimum atomic E-state index is -0.507. The Bertz CT molecular complexity index is 312. The highest BCUT2D eigenvalue weighted by Crippen LogP contribution is 2.51. The Balaban J connectivity index is 1.88. The number of nitrogens with two attached hydrogens (primary N) is 1. The summed E-state index contributed by atoms with van der Waals surface area (Å²) < 4.78 is 0. The Morgan fingerprint density at radius 3 is 2.37 bits per heavy atom. The maximum atomic E-state index is 11.6. The van der Waals surface area contributed by atoms with Gasteiger partial charge in [-0.3, -0.25) is 4.90 Å². The van der Waals surface area contributed by atoms with Crippen LogP contribution in [0.2, 0.25) is 0 Å². The van der Waals surface area contributed by atoms with Crippen molar-refractivity contribution in [2.45, 2.75) is 75.9 Å². The molecule has 0 bridgehead atoms. The highest BCUT2D eigenvalue weighted by atomic mass is 16.3. The molecule has 3 aliphatic rings. The molecule has 1 saturated carbocycles. The van der Waals surface area contributed by atoms with Gasteiger partial charge in [0.25, 0.3) is 0 Å². The van der Waals surface area contributed by atoms with Crippen molar-refractivity contribution in [3.05, 3.63) is 0 Å². The summed E-state index contributed by atoms with van der Waals surface area (Å²) in [6, 6.07) is 0.392. The Hall–Kier alpha value is -0.120. The van der Waals surface area contributed by atoms with E-state index in [1.165, 1.54) is 51.5 Å². The van der Waals surface area contributed by atoms with Crippen LogP contribution in [-0.2, 0) is 0 Å². The highest BCUT2D eigenvalue weighted by molar-refractivity contribution is 5.11. The van der Waals surface area contributed by atoms with Crippen molar-refractivity contribution in [3.63, 3.8) is 0 Å². The average molecular weight is 266 g/mol. The summed E-state index contributed by atoms with van der Waals surface area (Å²) in [5, 5.41) is 11.6. The number of nitrogens with zero attached hydrogens (tertiary/aromatic N) is 1. The van der Waals surface area contributed by atoms with Gasteiger partial charge in [0.15, 0.2) is 0 Å². The molecule has 0 aromatic heterocycles. The van der Waals surface area contributed by atoms with Crippen LogP contribution in [0.25, 0.3) is 0 Å². The lowest BCUT2D eigenvalue weighted by atomic mass is 9.62. The van der Waals surface area contributed by atoms with E-state index < -0.39 is 5.60 Å². The van der Waals surface area contributed by atoms with Crippen molar-refractivity contribution in [1.82, 2.24) is 4.90 Å². The van der Waals surface area contributed by atoms with Gasteiger partial charge in [-0.25, -0.2) is 0 Å². The van der Waals surface area contributed by atoms with Gasteiger partial charge >= 0.3 is 0 Å². The second kappa shape index (κ2) is 5.34. The molecule has 2 atom stereocenters. The lowest BCUT2D eigenvalue weighted by Crippen LogP contribution is -2.60. The van der Waals surface area contributed by atoms with Crippen LogP contribution in [-0.4, -0.2) is 41.3 Å². The number of aliphatic hydroxyl groups is 1. The van der Waals surface area contributed by atoms with Crippen molar-refractivity contribution in [1.29, 1.82) is 0 Å². The number of rotatable bonds is 2. The smallest absolute Gasteiger partial charge is 0.0882 e. The number of hydrogen-bond acceptors (Lipinski definition) is 3. The molecule has 2 heterocycles. The van der Waals surface area contributed by atoms with E-state index in [9.17, 15) is 5.11 Å². The number of fused-ring (bicyclic) bond motifs is 1. The first-order valence-electron chi connectivity index (χ1n) is 8.38. The second-order valence-corrected chi connectivity index (χ2v) is 7.12. The molecule has 3 N–H and O–H groups in total. The largest absolute Gasteiger partial charge is 0.388 e. The molecule has 0 spiro atoms. The summed E-state index contributed by atoms with van der Waals surface area (Å²) in [6.45, 7) is 2.95. The minimum Gasteiger partial charge on any atom is -0.388 e. The van der Waals surface area contributed by atoms with Gasteiger partial charge in [0, 0.05) is 24.5 Å². The summed E-state index contributed by atoms with van der Waals surface area (Å²) in [4.78, 5) is 2.55. The van der Waals surface area contributed by atoms with Crippen LogP contribution in [0.4, 0.5) is 0 Å². The first-order valence-corrected chi connectivity index (χ1v) is 8.38. The fourth-order valence-electron chi connectivity index (χ4n) is 5.12. The molecule has 0 aromatic carbocycles. The van der Waals surface area contributed by atoms with Crippen LogP contribution in [0.3, 0.4) is 0 Å². The van der Waals surface area contributed by atoms with Gasteiger partial charge in [0.05, 0.1) is 5.60 Å². The molecule has 3 nitrogen and oxygen atoms in total. The fourth-order valence-corrected chi connectivity index (χ4v) is 5.12. The van der Waals surface area contributed by atoms with E-state index in [0.717, 1.165) is 25.8 Å². The zero-order valence-corrected chi connectivity index (χ0v) is 12.2. The molecule has 0 amide bonds. The summed E-state index contributed by atoms with van der Waals surface area (Å²) in [5.41, 5.74) is 5.71. The monoisotopic (exact) mass is 266 g/mol. The summed E-state index contributed by atoms with van der Waals surface area (Å²) in [5.74, 6) is 0. The molecule has 2 aliphatic heterocycles. The third-order valence-corrected chi connectivity index (χ3v) is 6.31. The summed E-state index contributed by atoms with van der Waals surface area (Å²) in [6.07, 6.45) is 12.2. The molecule has 2 saturated heterocycles. The Labute approximate surface area is 117 Å². The molecule has 1 aliphatic carbocycles. The van der Waals surface area contributed by atoms with Crippen LogP contribution >= 0.6 is 0 Å². The van der Waals surface area contributed by atoms with Gasteiger partial charge in [-0.15, -0.1) is 0 Å². The van der Waals surface area contributed by atoms with Gasteiger partial charge in [-0.05, 0) is 38.6 Å². The van der Waals surface area contributed by atoms with Crippen molar-refractivity contribution in [2.75, 3.05) is 19.6 Å². The first kappa shape index (κ1) is 13.8. The molecule has 3 rings (SSSR count). The normalized spacial score (nSPS) is 39.8. The van der Waals surface area contributed by atoms with Crippen molar-refractivity contribution in [2.24, 2.45) is 11.1 Å². The molecule has 3 fully saturated rings. The Morgan fingerprint density at radius 2 is 1.68 bits per heavy atom. The highest BCUT2D eigenvalue weighted by Gasteiger charge is 2.58. The zero-order valence-electron chi connectivity index (χ0n) is 12.2. The molecule has 0 aromatic rings. The van der Waals surface area contributed by atoms with Crippen LogP contribution in [0, 0.1) is 5.41 Å². The average Bonchev–Trinajstić information content (AvgIpc) is 2.66. The fraction of sp³-hybridized carbons (Fsp3) is 1.00. The van der Waals surface area contributed by atoms with Gasteiger partial charge < -0.3 is 10.8 Å². The van der Waals surface area contributed by atoms with E-state index >= 15 is 0 Å². The number of piperidine rings is 1. The van der Waals surface area contributed by atoms with Crippen LogP contribution < -0.4 is 5.73 Å².